The highest BCUT2D eigenvalue weighted by Crippen LogP contribution is 2.17. The minimum absolute atomic E-state index is 0.0452. The molecule has 0 aliphatic carbocycles. The zero-order chi connectivity index (χ0) is 47.0. The number of carboxylic acids is 1. The van der Waals surface area contributed by atoms with Gasteiger partial charge in [0.1, 0.15) is 12.6 Å². The fourth-order valence-corrected chi connectivity index (χ4v) is 8.60. The van der Waals surface area contributed by atoms with Gasteiger partial charge in [-0.1, -0.05) is 231 Å². The Balaban J connectivity index is 4.13. The number of hydrogen-bond donors (Lipinski definition) is 0. The fourth-order valence-electron chi connectivity index (χ4n) is 8.60. The number of carboxylic acid groups (broad SMARTS) is 1. The van der Waals surface area contributed by atoms with Gasteiger partial charge in [0.2, 0.25) is 0 Å². The largest absolute Gasteiger partial charge is 0.544 e. The molecule has 2 unspecified atom stereocenters. The lowest BCUT2D eigenvalue weighted by atomic mass is 10.0. The third-order valence-corrected chi connectivity index (χ3v) is 12.9. The molecule has 0 aromatic rings. The summed E-state index contributed by atoms with van der Waals surface area (Å²) in [6.45, 7) is 4.71. The molecule has 0 amide bonds. The minimum atomic E-state index is -1.12. The van der Waals surface area contributed by atoms with Crippen LogP contribution < -0.4 is 5.11 Å². The molecule has 0 aromatic heterocycles. The molecule has 8 nitrogen and oxygen atoms in total. The first kappa shape index (κ1) is 62.1. The van der Waals surface area contributed by atoms with Crippen LogP contribution in [0.15, 0.2) is 12.2 Å². The summed E-state index contributed by atoms with van der Waals surface area (Å²) in [4.78, 5) is 37.1. The van der Waals surface area contributed by atoms with Crippen LogP contribution in [0.25, 0.3) is 0 Å². The summed E-state index contributed by atoms with van der Waals surface area (Å²) in [5, 5.41) is 11.7. The summed E-state index contributed by atoms with van der Waals surface area (Å²) in [6, 6.07) is -0.723. The minimum Gasteiger partial charge on any atom is -0.544 e. The molecule has 0 spiro atoms. The summed E-state index contributed by atoms with van der Waals surface area (Å²) in [7, 11) is 5.43. The van der Waals surface area contributed by atoms with E-state index in [1.165, 1.54) is 205 Å². The first-order chi connectivity index (χ1) is 31.1. The second-order valence-electron chi connectivity index (χ2n) is 20.2. The van der Waals surface area contributed by atoms with Crippen molar-refractivity contribution in [3.05, 3.63) is 12.2 Å². The third kappa shape index (κ3) is 45.2. The molecule has 0 radical (unpaired) electrons. The van der Waals surface area contributed by atoms with Gasteiger partial charge in [-0.2, -0.15) is 0 Å². The molecule has 378 valence electrons. The van der Waals surface area contributed by atoms with Crippen LogP contribution in [-0.2, 0) is 28.6 Å². The lowest BCUT2D eigenvalue weighted by Crippen LogP contribution is -2.55. The number of unbranched alkanes of at least 4 members (excludes halogenated alkanes) is 35. The Kier molecular flexibility index (Phi) is 46.1. The summed E-state index contributed by atoms with van der Waals surface area (Å²) < 4.78 is 17.3. The van der Waals surface area contributed by atoms with Crippen molar-refractivity contribution in [3.63, 3.8) is 0 Å². The number of allylic oxidation sites excluding steroid dienone is 2. The van der Waals surface area contributed by atoms with E-state index >= 15 is 0 Å². The van der Waals surface area contributed by atoms with Crippen molar-refractivity contribution >= 4 is 17.9 Å². The molecule has 0 rings (SSSR count). The first-order valence-corrected chi connectivity index (χ1v) is 27.7. The number of aliphatic carboxylic acids is 1. The van der Waals surface area contributed by atoms with Crippen molar-refractivity contribution in [2.75, 3.05) is 41.0 Å². The number of hydrogen-bond acceptors (Lipinski definition) is 7. The van der Waals surface area contributed by atoms with Crippen molar-refractivity contribution in [1.82, 2.24) is 0 Å². The number of carbonyl (C=O) groups excluding carboxylic acids is 3. The highest BCUT2D eigenvalue weighted by Gasteiger charge is 2.25. The Bertz CT molecular complexity index is 1060. The summed E-state index contributed by atoms with van der Waals surface area (Å²) in [5.41, 5.74) is 0. The number of nitrogens with zero attached hydrogens (tertiary/aromatic N) is 1. The Morgan fingerprint density at radius 1 is 0.453 bits per heavy atom. The van der Waals surface area contributed by atoms with Gasteiger partial charge in [0, 0.05) is 19.3 Å². The highest BCUT2D eigenvalue weighted by molar-refractivity contribution is 5.70. The monoisotopic (exact) mass is 906 g/mol. The Morgan fingerprint density at radius 3 is 1.12 bits per heavy atom. The summed E-state index contributed by atoms with van der Waals surface area (Å²) in [6.07, 6.45) is 53.9. The van der Waals surface area contributed by atoms with Gasteiger partial charge in [0.15, 0.2) is 6.10 Å². The molecule has 8 heteroatoms. The molecule has 0 aliphatic rings. The Hall–Kier alpha value is -1.93. The van der Waals surface area contributed by atoms with Gasteiger partial charge in [-0.15, -0.1) is 0 Å². The number of carbonyl (C=O) groups is 3. The van der Waals surface area contributed by atoms with Crippen LogP contribution in [0, 0.1) is 0 Å². The lowest BCUT2D eigenvalue weighted by molar-refractivity contribution is -0.889. The molecule has 0 fully saturated rings. The van der Waals surface area contributed by atoms with Crippen LogP contribution in [0.5, 0.6) is 0 Å². The maximum Gasteiger partial charge on any atom is 0.306 e. The molecule has 0 aromatic carbocycles. The first-order valence-electron chi connectivity index (χ1n) is 27.7. The van der Waals surface area contributed by atoms with E-state index in [9.17, 15) is 19.5 Å². The molecule has 0 bridgehead atoms. The SMILES string of the molecule is CCCCCCCC/C=C\CCCCCCCCCC(=O)OC(COCCC(C(=O)[O-])[N+](C)(C)C)COC(=O)CCCCCCCCCCCCCCCCCCCCCCCCC. The predicted molar refractivity (Wildman–Crippen MR) is 268 cm³/mol. The second-order valence-corrected chi connectivity index (χ2v) is 20.2. The maximum atomic E-state index is 12.8. The topological polar surface area (TPSA) is 102 Å². The van der Waals surface area contributed by atoms with E-state index in [1.54, 1.807) is 0 Å². The predicted octanol–water partition coefficient (Wildman–Crippen LogP) is 14.9. The molecule has 2 atom stereocenters. The van der Waals surface area contributed by atoms with Gasteiger partial charge in [-0.25, -0.2) is 0 Å². The van der Waals surface area contributed by atoms with E-state index in [0.717, 1.165) is 38.5 Å². The molecule has 0 aliphatic heterocycles. The zero-order valence-electron chi connectivity index (χ0n) is 43.2. The molecule has 0 saturated heterocycles. The molecule has 0 saturated carbocycles. The number of likely N-dealkylation sites (N-methyl/N-ethyl adjacent to an activating group) is 1. The zero-order valence-corrected chi connectivity index (χ0v) is 43.2. The van der Waals surface area contributed by atoms with Gasteiger partial charge in [-0.3, -0.25) is 9.59 Å². The number of quaternary nitrogens is 1. The van der Waals surface area contributed by atoms with Gasteiger partial charge >= 0.3 is 11.9 Å². The van der Waals surface area contributed by atoms with Crippen LogP contribution >= 0.6 is 0 Å². The smallest absolute Gasteiger partial charge is 0.306 e. The lowest BCUT2D eigenvalue weighted by Gasteiger charge is -2.34. The number of ether oxygens (including phenoxy) is 3. The van der Waals surface area contributed by atoms with Crippen LogP contribution in [-0.4, -0.2) is 75.5 Å². The standard InChI is InChI=1S/C56H107NO7/c1-6-8-10-12-14-16-18-20-22-24-25-26-27-28-29-31-32-34-36-38-40-42-44-46-54(58)63-51-52(50-62-49-48-53(56(60)61)57(3,4)5)64-55(59)47-45-43-41-39-37-35-33-30-23-21-19-17-15-13-11-9-7-2/h21,23,52-53H,6-20,22,24-51H2,1-5H3/b23-21-. The quantitative estimate of drug-likeness (QED) is 0.0259. The van der Waals surface area contributed by atoms with Crippen LogP contribution in [0.4, 0.5) is 0 Å². The molecule has 0 N–H and O–H groups in total. The van der Waals surface area contributed by atoms with E-state index < -0.39 is 18.1 Å². The van der Waals surface area contributed by atoms with Crippen LogP contribution in [0.1, 0.15) is 277 Å². The molecular weight excluding hydrogens is 799 g/mol. The summed E-state index contributed by atoms with van der Waals surface area (Å²) >= 11 is 0. The van der Waals surface area contributed by atoms with Gasteiger partial charge < -0.3 is 28.6 Å². The fraction of sp³-hybridized carbons (Fsp3) is 0.911. The Morgan fingerprint density at radius 2 is 0.781 bits per heavy atom. The van der Waals surface area contributed by atoms with E-state index in [-0.39, 0.29) is 42.7 Å². The molecule has 0 heterocycles. The number of rotatable bonds is 51. The average molecular weight is 906 g/mol. The van der Waals surface area contributed by atoms with Gasteiger partial charge in [-0.05, 0) is 38.5 Å². The van der Waals surface area contributed by atoms with Crippen molar-refractivity contribution in [2.45, 2.75) is 289 Å². The van der Waals surface area contributed by atoms with E-state index in [2.05, 4.69) is 26.0 Å². The number of esters is 2. The van der Waals surface area contributed by atoms with Crippen molar-refractivity contribution in [3.8, 4) is 0 Å². The highest BCUT2D eigenvalue weighted by atomic mass is 16.6. The van der Waals surface area contributed by atoms with Crippen molar-refractivity contribution < 1.29 is 38.2 Å². The molecule has 64 heavy (non-hydrogen) atoms. The van der Waals surface area contributed by atoms with Crippen molar-refractivity contribution in [2.24, 2.45) is 0 Å². The van der Waals surface area contributed by atoms with E-state index in [4.69, 9.17) is 14.2 Å². The summed E-state index contributed by atoms with van der Waals surface area (Å²) in [5.74, 6) is -1.72. The van der Waals surface area contributed by atoms with Gasteiger partial charge in [0.25, 0.3) is 0 Å². The average Bonchev–Trinajstić information content (AvgIpc) is 3.26. The van der Waals surface area contributed by atoms with Crippen LogP contribution in [0.3, 0.4) is 0 Å². The molecular formula is C56H107NO7. The van der Waals surface area contributed by atoms with Crippen molar-refractivity contribution in [1.29, 1.82) is 0 Å². The normalized spacial score (nSPS) is 12.8. The second kappa shape index (κ2) is 47.6. The third-order valence-electron chi connectivity index (χ3n) is 12.9. The maximum absolute atomic E-state index is 12.8. The Labute approximate surface area is 397 Å². The van der Waals surface area contributed by atoms with E-state index in [0.29, 0.717) is 12.8 Å². The van der Waals surface area contributed by atoms with Crippen LogP contribution in [0.2, 0.25) is 0 Å². The van der Waals surface area contributed by atoms with Gasteiger partial charge in [0.05, 0.1) is 40.3 Å². The van der Waals surface area contributed by atoms with E-state index in [1.807, 2.05) is 21.1 Å².